The minimum Gasteiger partial charge on any atom is -0.504 e. The average molecular weight is 571 g/mol. The zero-order chi connectivity index (χ0) is 28.8. The van der Waals surface area contributed by atoms with Crippen molar-refractivity contribution in [1.29, 1.82) is 5.26 Å². The van der Waals surface area contributed by atoms with Crippen molar-refractivity contribution < 1.29 is 38.0 Å². The standard InChI is InChI=1S/C27H24F2N4O6S/c1-33-9-8-31-25(33)17-12-16(40-10-7-21(37-2)27(35)36)4-6-20(17)38-24-18(28)14-32-26(23(24)29)39-22-11-15(13-30)3-5-19(22)34/h3-6,11-12,14,21,34H,7-10H2,1-2H3,(H,35,36). The Bertz CT molecular complexity index is 1500. The molecule has 2 heterocycles. The SMILES string of the molecule is COC(CCSc1ccc(Oc2c(F)cnc(Oc3cc(C#N)ccc3O)c2F)c(C2=NCCN2C)c1)C(=O)O. The number of phenolic OH excluding ortho intramolecular Hbond substituents is 1. The summed E-state index contributed by atoms with van der Waals surface area (Å²) in [7, 11) is 3.16. The molecule has 10 nitrogen and oxygen atoms in total. The van der Waals surface area contributed by atoms with Gasteiger partial charge in [0.2, 0.25) is 11.6 Å². The molecule has 0 spiro atoms. The van der Waals surface area contributed by atoms with Gasteiger partial charge in [-0.1, -0.05) is 0 Å². The van der Waals surface area contributed by atoms with Gasteiger partial charge in [-0.05, 0) is 36.8 Å². The van der Waals surface area contributed by atoms with Crippen molar-refractivity contribution in [1.82, 2.24) is 9.88 Å². The Morgan fingerprint density at radius 3 is 2.70 bits per heavy atom. The van der Waals surface area contributed by atoms with Crippen LogP contribution in [0.2, 0.25) is 0 Å². The molecule has 1 aromatic heterocycles. The number of amidine groups is 1. The predicted molar refractivity (Wildman–Crippen MR) is 141 cm³/mol. The monoisotopic (exact) mass is 570 g/mol. The molecular formula is C27H24F2N4O6S. The average Bonchev–Trinajstić information content (AvgIpc) is 3.37. The second-order valence-electron chi connectivity index (χ2n) is 8.54. The summed E-state index contributed by atoms with van der Waals surface area (Å²) in [5.41, 5.74) is 0.625. The largest absolute Gasteiger partial charge is 0.504 e. The highest BCUT2D eigenvalue weighted by molar-refractivity contribution is 7.99. The van der Waals surface area contributed by atoms with E-state index in [0.29, 0.717) is 30.2 Å². The van der Waals surface area contributed by atoms with Crippen molar-refractivity contribution in [2.24, 2.45) is 4.99 Å². The molecule has 0 amide bonds. The number of aliphatic carboxylic acids is 1. The maximum absolute atomic E-state index is 15.4. The van der Waals surface area contributed by atoms with Gasteiger partial charge in [-0.2, -0.15) is 9.65 Å². The third-order valence-corrected chi connectivity index (χ3v) is 6.89. The van der Waals surface area contributed by atoms with E-state index in [9.17, 15) is 19.4 Å². The predicted octanol–water partition coefficient (Wildman–Crippen LogP) is 4.80. The number of thioether (sulfide) groups is 1. The molecule has 208 valence electrons. The molecule has 0 radical (unpaired) electrons. The van der Waals surface area contributed by atoms with Gasteiger partial charge in [0, 0.05) is 37.4 Å². The number of hydrogen-bond donors (Lipinski definition) is 2. The molecule has 3 aromatic rings. The number of carboxylic acid groups (broad SMARTS) is 1. The highest BCUT2D eigenvalue weighted by atomic mass is 32.2. The van der Waals surface area contributed by atoms with Crippen molar-refractivity contribution in [3.8, 4) is 34.9 Å². The number of benzene rings is 2. The van der Waals surface area contributed by atoms with Crippen molar-refractivity contribution in [2.75, 3.05) is 33.0 Å². The molecule has 1 aliphatic heterocycles. The number of aliphatic imine (C=N–C) groups is 1. The number of nitrogens with zero attached hydrogens (tertiary/aromatic N) is 4. The summed E-state index contributed by atoms with van der Waals surface area (Å²) in [5.74, 6) is -4.35. The number of rotatable bonds is 11. The normalized spacial score (nSPS) is 13.5. The Labute approximate surface area is 232 Å². The zero-order valence-corrected chi connectivity index (χ0v) is 22.2. The molecule has 0 fully saturated rings. The van der Waals surface area contributed by atoms with Crippen LogP contribution in [0.25, 0.3) is 0 Å². The van der Waals surface area contributed by atoms with E-state index in [1.54, 1.807) is 18.2 Å². The summed E-state index contributed by atoms with van der Waals surface area (Å²) in [6.45, 7) is 1.17. The van der Waals surface area contributed by atoms with Gasteiger partial charge in [-0.3, -0.25) is 4.99 Å². The van der Waals surface area contributed by atoms with Gasteiger partial charge in [0.15, 0.2) is 23.4 Å². The molecule has 0 saturated heterocycles. The van der Waals surface area contributed by atoms with Crippen LogP contribution in [0.4, 0.5) is 8.78 Å². The van der Waals surface area contributed by atoms with E-state index in [2.05, 4.69) is 9.98 Å². The van der Waals surface area contributed by atoms with E-state index >= 15 is 4.39 Å². The molecule has 2 aromatic carbocycles. The van der Waals surface area contributed by atoms with Crippen LogP contribution >= 0.6 is 11.8 Å². The minimum atomic E-state index is -1.26. The number of hydrogen-bond acceptors (Lipinski definition) is 10. The third kappa shape index (κ3) is 6.41. The summed E-state index contributed by atoms with van der Waals surface area (Å²) in [6, 6.07) is 10.6. The number of nitriles is 1. The number of halogens is 2. The highest BCUT2D eigenvalue weighted by Gasteiger charge is 2.25. The fourth-order valence-corrected chi connectivity index (χ4v) is 4.72. The number of ether oxygens (including phenoxy) is 3. The van der Waals surface area contributed by atoms with Gasteiger partial charge in [0.05, 0.1) is 29.9 Å². The van der Waals surface area contributed by atoms with Crippen molar-refractivity contribution in [3.63, 3.8) is 0 Å². The number of carbonyl (C=O) groups is 1. The highest BCUT2D eigenvalue weighted by Crippen LogP contribution is 2.38. The lowest BCUT2D eigenvalue weighted by Gasteiger charge is -2.19. The summed E-state index contributed by atoms with van der Waals surface area (Å²) < 4.78 is 46.3. The van der Waals surface area contributed by atoms with Crippen molar-refractivity contribution in [3.05, 3.63) is 65.4 Å². The van der Waals surface area contributed by atoms with Gasteiger partial charge in [0.1, 0.15) is 11.6 Å². The molecule has 1 atom stereocenters. The second kappa shape index (κ2) is 12.6. The van der Waals surface area contributed by atoms with Crippen LogP contribution in [0.15, 0.2) is 52.5 Å². The summed E-state index contributed by atoms with van der Waals surface area (Å²) in [6.07, 6.45) is 0.0586. The van der Waals surface area contributed by atoms with Crippen LogP contribution < -0.4 is 9.47 Å². The molecule has 0 saturated carbocycles. The Morgan fingerprint density at radius 1 is 1.23 bits per heavy atom. The van der Waals surface area contributed by atoms with Gasteiger partial charge < -0.3 is 29.3 Å². The second-order valence-corrected chi connectivity index (χ2v) is 9.71. The topological polar surface area (TPSA) is 138 Å². The van der Waals surface area contributed by atoms with E-state index in [1.165, 1.54) is 37.1 Å². The van der Waals surface area contributed by atoms with Gasteiger partial charge >= 0.3 is 5.97 Å². The molecule has 0 bridgehead atoms. The summed E-state index contributed by atoms with van der Waals surface area (Å²) in [4.78, 5) is 22.0. The number of aromatic nitrogens is 1. The molecule has 40 heavy (non-hydrogen) atoms. The quantitative estimate of drug-likeness (QED) is 0.309. The minimum absolute atomic E-state index is 0.112. The fraction of sp³-hybridized carbons (Fsp3) is 0.259. The molecular weight excluding hydrogens is 546 g/mol. The van der Waals surface area contributed by atoms with Crippen LogP contribution in [0.5, 0.6) is 28.9 Å². The maximum Gasteiger partial charge on any atom is 0.332 e. The molecule has 2 N–H and O–H groups in total. The summed E-state index contributed by atoms with van der Waals surface area (Å²) >= 11 is 1.39. The van der Waals surface area contributed by atoms with Crippen molar-refractivity contribution in [2.45, 2.75) is 17.4 Å². The van der Waals surface area contributed by atoms with Gasteiger partial charge in [-0.25, -0.2) is 14.2 Å². The van der Waals surface area contributed by atoms with Crippen LogP contribution in [0, 0.1) is 23.0 Å². The lowest BCUT2D eigenvalue weighted by molar-refractivity contribution is -0.148. The van der Waals surface area contributed by atoms with E-state index in [-0.39, 0.29) is 29.2 Å². The van der Waals surface area contributed by atoms with Crippen LogP contribution in [0.3, 0.4) is 0 Å². The first-order valence-corrected chi connectivity index (χ1v) is 12.9. The first-order chi connectivity index (χ1) is 19.2. The Balaban J connectivity index is 1.64. The zero-order valence-electron chi connectivity index (χ0n) is 21.4. The Kier molecular flexibility index (Phi) is 9.03. The summed E-state index contributed by atoms with van der Waals surface area (Å²) in [5, 5.41) is 28.3. The number of phenols is 1. The molecule has 0 aliphatic carbocycles. The lowest BCUT2D eigenvalue weighted by Crippen LogP contribution is -2.24. The van der Waals surface area contributed by atoms with Gasteiger partial charge in [-0.15, -0.1) is 11.8 Å². The molecule has 1 aliphatic rings. The lowest BCUT2D eigenvalue weighted by atomic mass is 10.1. The van der Waals surface area contributed by atoms with E-state index < -0.39 is 35.3 Å². The van der Waals surface area contributed by atoms with Crippen LogP contribution in [0.1, 0.15) is 17.5 Å². The first kappa shape index (κ1) is 28.6. The van der Waals surface area contributed by atoms with Crippen LogP contribution in [-0.2, 0) is 9.53 Å². The van der Waals surface area contributed by atoms with Gasteiger partial charge in [0.25, 0.3) is 5.88 Å². The number of carboxylic acids is 1. The maximum atomic E-state index is 15.4. The molecule has 4 rings (SSSR count). The van der Waals surface area contributed by atoms with E-state index in [1.807, 2.05) is 18.0 Å². The first-order valence-electron chi connectivity index (χ1n) is 11.9. The van der Waals surface area contributed by atoms with Crippen molar-refractivity contribution >= 4 is 23.6 Å². The smallest absolute Gasteiger partial charge is 0.332 e. The number of pyridine rings is 1. The Hall–Kier alpha value is -4.41. The Morgan fingerprint density at radius 2 is 2.02 bits per heavy atom. The van der Waals surface area contributed by atoms with E-state index in [4.69, 9.17) is 19.5 Å². The third-order valence-electron chi connectivity index (χ3n) is 5.87. The fourth-order valence-electron chi connectivity index (χ4n) is 3.79. The number of likely N-dealkylation sites (N-methyl/N-ethyl adjacent to an activating group) is 1. The number of aromatic hydroxyl groups is 1. The molecule has 13 heteroatoms. The molecule has 1 unspecified atom stereocenters. The van der Waals surface area contributed by atoms with Crippen LogP contribution in [-0.4, -0.2) is 71.0 Å². The van der Waals surface area contributed by atoms with E-state index in [0.717, 1.165) is 11.1 Å². The number of methoxy groups -OCH3 is 1.